The van der Waals surface area contributed by atoms with Crippen LogP contribution in [0, 0.1) is 5.92 Å². The van der Waals surface area contributed by atoms with Crippen LogP contribution in [-0.4, -0.2) is 83.3 Å². The van der Waals surface area contributed by atoms with Gasteiger partial charge in [-0.15, -0.1) is 0 Å². The van der Waals surface area contributed by atoms with Gasteiger partial charge in [0.25, 0.3) is 10.2 Å². The zero-order valence-electron chi connectivity index (χ0n) is 13.4. The molecule has 0 aromatic carbocycles. The van der Waals surface area contributed by atoms with Crippen molar-refractivity contribution in [2.24, 2.45) is 17.4 Å². The van der Waals surface area contributed by atoms with Crippen molar-refractivity contribution < 1.29 is 38.3 Å². The van der Waals surface area contributed by atoms with Crippen LogP contribution in [0.25, 0.3) is 0 Å². The second-order valence-electron chi connectivity index (χ2n) is 6.04. The van der Waals surface area contributed by atoms with Crippen LogP contribution in [0.1, 0.15) is 12.8 Å². The number of hydrogen-bond donors (Lipinski definition) is 7. The van der Waals surface area contributed by atoms with Gasteiger partial charge in [0, 0.05) is 25.6 Å². The molecule has 1 rings (SSSR count). The molecule has 0 spiro atoms. The molecule has 3 atom stereocenters. The van der Waals surface area contributed by atoms with Crippen molar-refractivity contribution in [3.8, 4) is 0 Å². The average molecular weight is 382 g/mol. The maximum atomic E-state index is 12.2. The molecule has 1 aliphatic rings. The summed E-state index contributed by atoms with van der Waals surface area (Å²) >= 11 is 0. The first-order valence-corrected chi connectivity index (χ1v) is 8.95. The first kappa shape index (κ1) is 21.8. The molecule has 0 unspecified atom stereocenters. The van der Waals surface area contributed by atoms with Crippen LogP contribution >= 0.6 is 0 Å². The second kappa shape index (κ2) is 8.40. The third-order valence-corrected chi connectivity index (χ3v) is 5.64. The van der Waals surface area contributed by atoms with Gasteiger partial charge in [-0.3, -0.25) is 9.59 Å². The van der Waals surface area contributed by atoms with E-state index in [0.717, 1.165) is 4.31 Å². The Morgan fingerprint density at radius 2 is 1.96 bits per heavy atom. The molecule has 14 heteroatoms. The molecule has 0 amide bonds. The molecule has 12 nitrogen and oxygen atoms in total. The highest BCUT2D eigenvalue weighted by Gasteiger charge is 2.52. The van der Waals surface area contributed by atoms with E-state index in [1.54, 1.807) is 0 Å². The molecule has 0 aromatic heterocycles. The normalized spacial score (nSPS) is 25.7. The Morgan fingerprint density at radius 3 is 2.44 bits per heavy atom. The van der Waals surface area contributed by atoms with Gasteiger partial charge >= 0.3 is 19.1 Å². The maximum absolute atomic E-state index is 12.2. The summed E-state index contributed by atoms with van der Waals surface area (Å²) in [6, 6.07) is -1.44. The van der Waals surface area contributed by atoms with Crippen LogP contribution in [-0.2, 0) is 19.8 Å². The summed E-state index contributed by atoms with van der Waals surface area (Å²) in [5.74, 6) is -3.50. The monoisotopic (exact) mass is 382 g/mol. The fourth-order valence-electron chi connectivity index (χ4n) is 2.59. The first-order chi connectivity index (χ1) is 11.4. The fourth-order valence-corrected chi connectivity index (χ4v) is 3.92. The number of hydrogen-bond acceptors (Lipinski definition) is 8. The van der Waals surface area contributed by atoms with Crippen LogP contribution in [0.2, 0.25) is 6.32 Å². The largest absolute Gasteiger partial charge is 0.480 e. The van der Waals surface area contributed by atoms with Crippen molar-refractivity contribution in [1.82, 2.24) is 9.03 Å². The summed E-state index contributed by atoms with van der Waals surface area (Å²) in [6.45, 7) is -1.24. The molecule has 1 aliphatic heterocycles. The van der Waals surface area contributed by atoms with E-state index in [0.29, 0.717) is 0 Å². The molecule has 144 valence electrons. The fraction of sp³-hybridized carbons (Fsp3) is 0.818. The van der Waals surface area contributed by atoms with Gasteiger partial charge in [-0.25, -0.2) is 0 Å². The molecule has 0 aliphatic carbocycles. The van der Waals surface area contributed by atoms with Crippen LogP contribution in [0.5, 0.6) is 0 Å². The van der Waals surface area contributed by atoms with Gasteiger partial charge < -0.3 is 31.7 Å². The van der Waals surface area contributed by atoms with Crippen molar-refractivity contribution in [2.45, 2.75) is 30.7 Å². The molecule has 0 saturated carbocycles. The molecule has 25 heavy (non-hydrogen) atoms. The van der Waals surface area contributed by atoms with Crippen molar-refractivity contribution in [2.75, 3.05) is 19.6 Å². The molecule has 9 N–H and O–H groups in total. The number of nitrogens with zero attached hydrogens (tertiary/aromatic N) is 1. The standard InChI is InChI=1S/C11H23BN4O8S/c13-8(9(17)18)4-15-25(23,24)16-5-7(2-1-3-12(21)22)11(14,6-16)10(19)20/h7-8,15,21-22H,1-6,13-14H2,(H,17,18)(H,19,20)/t7-,8-,11-/m0/s1. The molecular weight excluding hydrogens is 359 g/mol. The Bertz CT molecular complexity index is 603. The van der Waals surface area contributed by atoms with Gasteiger partial charge in [0.2, 0.25) is 0 Å². The van der Waals surface area contributed by atoms with Gasteiger partial charge in [0.15, 0.2) is 0 Å². The number of carbonyl (C=O) groups is 2. The van der Waals surface area contributed by atoms with E-state index >= 15 is 0 Å². The van der Waals surface area contributed by atoms with Crippen molar-refractivity contribution in [3.63, 3.8) is 0 Å². The molecule has 0 aromatic rings. The number of carboxylic acid groups (broad SMARTS) is 2. The highest BCUT2D eigenvalue weighted by molar-refractivity contribution is 7.87. The molecule has 1 fully saturated rings. The Balaban J connectivity index is 2.81. The minimum absolute atomic E-state index is 0.00463. The zero-order valence-corrected chi connectivity index (χ0v) is 14.2. The van der Waals surface area contributed by atoms with Gasteiger partial charge in [-0.2, -0.15) is 17.4 Å². The lowest BCUT2D eigenvalue weighted by Crippen LogP contribution is -2.55. The minimum Gasteiger partial charge on any atom is -0.480 e. The second-order valence-corrected chi connectivity index (χ2v) is 7.80. The van der Waals surface area contributed by atoms with Crippen molar-refractivity contribution >= 4 is 29.3 Å². The Kier molecular flexibility index (Phi) is 7.31. The van der Waals surface area contributed by atoms with Crippen LogP contribution in [0.15, 0.2) is 0 Å². The third-order valence-electron chi connectivity index (χ3n) is 4.15. The number of rotatable bonds is 10. The smallest absolute Gasteiger partial charge is 0.451 e. The number of nitrogens with two attached hydrogens (primary N) is 2. The molecule has 0 bridgehead atoms. The van der Waals surface area contributed by atoms with E-state index in [1.807, 2.05) is 4.72 Å². The summed E-state index contributed by atoms with van der Waals surface area (Å²) in [5, 5.41) is 35.7. The Hall–Kier alpha value is -1.29. The lowest BCUT2D eigenvalue weighted by Gasteiger charge is -2.25. The highest BCUT2D eigenvalue weighted by Crippen LogP contribution is 2.31. The van der Waals surface area contributed by atoms with E-state index in [9.17, 15) is 23.1 Å². The van der Waals surface area contributed by atoms with Crippen molar-refractivity contribution in [3.05, 3.63) is 0 Å². The van der Waals surface area contributed by atoms with Crippen LogP contribution < -0.4 is 16.2 Å². The number of nitrogens with one attached hydrogen (secondary N) is 1. The summed E-state index contributed by atoms with van der Waals surface area (Å²) in [4.78, 5) is 22.1. The van der Waals surface area contributed by atoms with Crippen LogP contribution in [0.4, 0.5) is 0 Å². The summed E-state index contributed by atoms with van der Waals surface area (Å²) in [6.07, 6.45) is 0.436. The van der Waals surface area contributed by atoms with Crippen molar-refractivity contribution in [1.29, 1.82) is 0 Å². The average Bonchev–Trinajstić information content (AvgIpc) is 2.84. The lowest BCUT2D eigenvalue weighted by atomic mass is 9.78. The molecule has 0 radical (unpaired) electrons. The topological polar surface area (TPSA) is 217 Å². The van der Waals surface area contributed by atoms with E-state index in [-0.39, 0.29) is 25.7 Å². The molecular formula is C11H23BN4O8S. The Labute approximate surface area is 145 Å². The van der Waals surface area contributed by atoms with E-state index in [2.05, 4.69) is 0 Å². The van der Waals surface area contributed by atoms with Gasteiger partial charge in [-0.05, 0) is 12.7 Å². The summed E-state index contributed by atoms with van der Waals surface area (Å²) < 4.78 is 27.3. The van der Waals surface area contributed by atoms with E-state index < -0.39 is 59.9 Å². The van der Waals surface area contributed by atoms with Crippen LogP contribution in [0.3, 0.4) is 0 Å². The number of carboxylic acids is 2. The predicted molar refractivity (Wildman–Crippen MR) is 86.4 cm³/mol. The lowest BCUT2D eigenvalue weighted by molar-refractivity contribution is -0.144. The minimum atomic E-state index is -4.17. The quantitative estimate of drug-likeness (QED) is 0.183. The zero-order chi connectivity index (χ0) is 19.4. The Morgan fingerprint density at radius 1 is 1.36 bits per heavy atom. The highest BCUT2D eigenvalue weighted by atomic mass is 32.2. The van der Waals surface area contributed by atoms with Gasteiger partial charge in [0.1, 0.15) is 11.6 Å². The van der Waals surface area contributed by atoms with E-state index in [4.69, 9.17) is 26.6 Å². The molecule has 1 heterocycles. The maximum Gasteiger partial charge on any atom is 0.451 e. The van der Waals surface area contributed by atoms with E-state index in [1.165, 1.54) is 0 Å². The van der Waals surface area contributed by atoms with Gasteiger partial charge in [-0.1, -0.05) is 6.42 Å². The third kappa shape index (κ3) is 5.60. The SMILES string of the molecule is N[C@@H](CNS(=O)(=O)N1C[C@H](CCCB(O)O)[C@](N)(C(=O)O)C1)C(=O)O. The summed E-state index contributed by atoms with van der Waals surface area (Å²) in [7, 11) is -5.71. The number of aliphatic carboxylic acids is 2. The molecule has 1 saturated heterocycles. The predicted octanol–water partition coefficient (Wildman–Crippen LogP) is -3.80. The van der Waals surface area contributed by atoms with Gasteiger partial charge in [0.05, 0.1) is 0 Å². The summed E-state index contributed by atoms with van der Waals surface area (Å²) in [5.41, 5.74) is 9.28. The first-order valence-electron chi connectivity index (χ1n) is 7.51.